The number of alkyl halides is 3. The van der Waals surface area contributed by atoms with E-state index in [1.165, 1.54) is 12.1 Å². The molecule has 0 spiro atoms. The zero-order chi connectivity index (χ0) is 19.7. The van der Waals surface area contributed by atoms with Crippen molar-refractivity contribution in [2.75, 3.05) is 7.05 Å². The maximum absolute atomic E-state index is 13.0. The van der Waals surface area contributed by atoms with Crippen molar-refractivity contribution in [3.63, 3.8) is 0 Å². The van der Waals surface area contributed by atoms with Gasteiger partial charge in [0.05, 0.1) is 36.6 Å². The summed E-state index contributed by atoms with van der Waals surface area (Å²) in [6.45, 7) is 0. The molecule has 2 N–H and O–H groups in total. The molecule has 26 heavy (non-hydrogen) atoms. The second-order valence-corrected chi connectivity index (χ2v) is 8.21. The number of sulfonamides is 1. The molecule has 0 fully saturated rings. The molecule has 2 aromatic rings. The first-order valence-corrected chi connectivity index (χ1v) is 9.51. The van der Waals surface area contributed by atoms with Gasteiger partial charge in [0.25, 0.3) is 0 Å². The Hall–Kier alpha value is -2.24. The van der Waals surface area contributed by atoms with Crippen LogP contribution in [0.25, 0.3) is 0 Å². The van der Waals surface area contributed by atoms with Gasteiger partial charge in [-0.15, -0.1) is 0 Å². The first-order chi connectivity index (χ1) is 12.0. The van der Waals surface area contributed by atoms with Gasteiger partial charge in [-0.3, -0.25) is 0 Å². The summed E-state index contributed by atoms with van der Waals surface area (Å²) in [6.07, 6.45) is -4.80. The summed E-state index contributed by atoms with van der Waals surface area (Å²) >= 11 is 0. The first-order valence-electron chi connectivity index (χ1n) is 6.88. The highest BCUT2D eigenvalue weighted by atomic mass is 32.2. The van der Waals surface area contributed by atoms with E-state index in [1.54, 1.807) is 0 Å². The molecular weight excluding hydrogens is 395 g/mol. The monoisotopic (exact) mass is 407 g/mol. The van der Waals surface area contributed by atoms with Crippen LogP contribution in [-0.2, 0) is 27.0 Å². The van der Waals surface area contributed by atoms with Gasteiger partial charge >= 0.3 is 12.1 Å². The van der Waals surface area contributed by atoms with Gasteiger partial charge in [0.1, 0.15) is 0 Å². The van der Waals surface area contributed by atoms with Crippen LogP contribution in [0.4, 0.5) is 13.2 Å². The van der Waals surface area contributed by atoms with E-state index in [1.807, 2.05) is 4.72 Å². The maximum atomic E-state index is 13.0. The number of hydrogen-bond acceptors (Lipinski definition) is 4. The van der Waals surface area contributed by atoms with E-state index in [-0.39, 0.29) is 4.90 Å². The summed E-state index contributed by atoms with van der Waals surface area (Å²) in [7, 11) is -5.67. The fourth-order valence-corrected chi connectivity index (χ4v) is 4.71. The van der Waals surface area contributed by atoms with Gasteiger partial charge in [0, 0.05) is 0 Å². The van der Waals surface area contributed by atoms with Crippen LogP contribution in [0.2, 0.25) is 0 Å². The van der Waals surface area contributed by atoms with Crippen LogP contribution >= 0.6 is 0 Å². The second kappa shape index (κ2) is 7.17. The fourth-order valence-electron chi connectivity index (χ4n) is 2.08. The lowest BCUT2D eigenvalue weighted by atomic mass is 10.2. The van der Waals surface area contributed by atoms with Gasteiger partial charge < -0.3 is 5.11 Å². The summed E-state index contributed by atoms with van der Waals surface area (Å²) in [5, 5.41) is 9.18. The average molecular weight is 407 g/mol. The van der Waals surface area contributed by atoms with Crippen molar-refractivity contribution in [1.29, 1.82) is 0 Å². The molecule has 0 unspecified atom stereocenters. The molecule has 2 rings (SSSR count). The Labute approximate surface area is 149 Å². The van der Waals surface area contributed by atoms with Crippen LogP contribution in [0.15, 0.2) is 57.2 Å². The number of carboxylic acid groups (broad SMARTS) is 1. The molecule has 0 aliphatic carbocycles. The summed E-state index contributed by atoms with van der Waals surface area (Å²) in [5.41, 5.74) is -1.61. The van der Waals surface area contributed by atoms with Gasteiger partial charge in [0.15, 0.2) is 0 Å². The normalized spacial score (nSPS) is 13.4. The summed E-state index contributed by atoms with van der Waals surface area (Å²) in [5.74, 6) is -1.45. The Morgan fingerprint density at radius 2 is 1.73 bits per heavy atom. The van der Waals surface area contributed by atoms with Crippen molar-refractivity contribution < 1.29 is 35.7 Å². The van der Waals surface area contributed by atoms with Crippen LogP contribution in [0.3, 0.4) is 0 Å². The number of hydrogen-bond donors (Lipinski definition) is 2. The fraction of sp³-hybridized carbons (Fsp3) is 0.133. The van der Waals surface area contributed by atoms with E-state index >= 15 is 0 Å². The van der Waals surface area contributed by atoms with Gasteiger partial charge in [0.2, 0.25) is 10.0 Å². The standard InChI is InChI=1S/C15H12F3NO5S2/c1-19-26(23,24)13-7-6-9(15(16,17)18)8-12(13)25(22)11-5-3-2-4-10(11)14(20)21/h2-8,19H,1H3,(H,20,21)/t25-/m1/s1. The van der Waals surface area contributed by atoms with E-state index in [2.05, 4.69) is 0 Å². The van der Waals surface area contributed by atoms with Crippen LogP contribution in [0.5, 0.6) is 0 Å². The maximum Gasteiger partial charge on any atom is 0.416 e. The molecule has 11 heteroatoms. The van der Waals surface area contributed by atoms with Crippen LogP contribution in [0.1, 0.15) is 15.9 Å². The van der Waals surface area contributed by atoms with E-state index < -0.39 is 53.9 Å². The minimum atomic E-state index is -4.80. The van der Waals surface area contributed by atoms with Crippen molar-refractivity contribution in [2.24, 2.45) is 0 Å². The quantitative estimate of drug-likeness (QED) is 0.793. The number of nitrogens with one attached hydrogen (secondary N) is 1. The predicted octanol–water partition coefficient (Wildman–Crippen LogP) is 2.48. The number of benzene rings is 2. The van der Waals surface area contributed by atoms with E-state index in [9.17, 15) is 35.7 Å². The number of aromatic carboxylic acids is 1. The molecule has 0 aromatic heterocycles. The Balaban J connectivity index is 2.78. The van der Waals surface area contributed by atoms with E-state index in [0.29, 0.717) is 18.2 Å². The SMILES string of the molecule is CNS(=O)(=O)c1ccc(C(F)(F)F)cc1[S@](=O)c1ccccc1C(=O)O. The van der Waals surface area contributed by atoms with Crippen LogP contribution in [0, 0.1) is 0 Å². The lowest BCUT2D eigenvalue weighted by Crippen LogP contribution is -2.21. The highest BCUT2D eigenvalue weighted by molar-refractivity contribution is 7.91. The van der Waals surface area contributed by atoms with Gasteiger partial charge in [-0.25, -0.2) is 22.1 Å². The highest BCUT2D eigenvalue weighted by Crippen LogP contribution is 2.34. The predicted molar refractivity (Wildman–Crippen MR) is 85.8 cm³/mol. The lowest BCUT2D eigenvalue weighted by molar-refractivity contribution is -0.137. The highest BCUT2D eigenvalue weighted by Gasteiger charge is 2.33. The number of carbonyl (C=O) groups is 1. The zero-order valence-electron chi connectivity index (χ0n) is 13.1. The zero-order valence-corrected chi connectivity index (χ0v) is 14.7. The Kier molecular flexibility index (Phi) is 5.54. The van der Waals surface area contributed by atoms with E-state index in [0.717, 1.165) is 19.2 Å². The molecule has 0 aliphatic heterocycles. The second-order valence-electron chi connectivity index (χ2n) is 4.94. The topological polar surface area (TPSA) is 101 Å². The summed E-state index contributed by atoms with van der Waals surface area (Å²) in [4.78, 5) is 9.67. The third kappa shape index (κ3) is 3.94. The molecule has 0 amide bonds. The molecule has 0 heterocycles. The first kappa shape index (κ1) is 20.1. The summed E-state index contributed by atoms with van der Waals surface area (Å²) in [6, 6.07) is 6.64. The lowest BCUT2D eigenvalue weighted by Gasteiger charge is -2.14. The van der Waals surface area contributed by atoms with Crippen LogP contribution in [-0.4, -0.2) is 30.8 Å². The molecule has 0 aliphatic rings. The molecular formula is C15H12F3NO5S2. The van der Waals surface area contributed by atoms with Crippen molar-refractivity contribution in [1.82, 2.24) is 4.72 Å². The van der Waals surface area contributed by atoms with Gasteiger partial charge in [-0.2, -0.15) is 13.2 Å². The largest absolute Gasteiger partial charge is 0.478 e. The third-order valence-electron chi connectivity index (χ3n) is 3.35. The van der Waals surface area contributed by atoms with Crippen molar-refractivity contribution in [2.45, 2.75) is 20.9 Å². The Morgan fingerprint density at radius 1 is 1.12 bits per heavy atom. The van der Waals surface area contributed by atoms with Gasteiger partial charge in [-0.1, -0.05) is 12.1 Å². The molecule has 0 saturated carbocycles. The van der Waals surface area contributed by atoms with Gasteiger partial charge in [-0.05, 0) is 37.4 Å². The Morgan fingerprint density at radius 3 is 2.27 bits per heavy atom. The Bertz CT molecular complexity index is 987. The van der Waals surface area contributed by atoms with Crippen LogP contribution < -0.4 is 4.72 Å². The molecule has 0 radical (unpaired) electrons. The smallest absolute Gasteiger partial charge is 0.416 e. The average Bonchev–Trinajstić information content (AvgIpc) is 2.59. The molecule has 140 valence electrons. The number of halogens is 3. The molecule has 0 saturated heterocycles. The van der Waals surface area contributed by atoms with Crippen molar-refractivity contribution in [3.05, 3.63) is 53.6 Å². The minimum absolute atomic E-state index is 0.313. The minimum Gasteiger partial charge on any atom is -0.478 e. The van der Waals surface area contributed by atoms with E-state index in [4.69, 9.17) is 0 Å². The number of carboxylic acids is 1. The summed E-state index contributed by atoms with van der Waals surface area (Å²) < 4.78 is 77.9. The molecule has 1 atom stereocenters. The third-order valence-corrected chi connectivity index (χ3v) is 6.44. The van der Waals surface area contributed by atoms with Crippen molar-refractivity contribution >= 4 is 26.8 Å². The van der Waals surface area contributed by atoms with Crippen molar-refractivity contribution in [3.8, 4) is 0 Å². The number of rotatable bonds is 5. The molecule has 2 aromatic carbocycles. The molecule has 6 nitrogen and oxygen atoms in total. The molecule has 0 bridgehead atoms.